The molecule has 1 fully saturated rings. The Balaban J connectivity index is 1.71. The lowest BCUT2D eigenvalue weighted by molar-refractivity contribution is -0.132. The summed E-state index contributed by atoms with van der Waals surface area (Å²) in [4.78, 5) is 32.8. The third-order valence-corrected chi connectivity index (χ3v) is 6.97. The van der Waals surface area contributed by atoms with Crippen LogP contribution in [0.2, 0.25) is 0 Å². The standard InChI is InChI=1S/C28H24N2O6S/c1-3-35-18-11-12-19-22(15-18)37-28(29-19)30-24(17-10-13-20(31)21(14-17)36-4-2)23(26(33)27(30)34)25(32)16-8-6-5-7-9-16/h5-15,24,31-32H,3-4H2,1-2H3/b25-23+. The highest BCUT2D eigenvalue weighted by molar-refractivity contribution is 7.22. The number of aromatic hydroxyl groups is 1. The number of aliphatic hydroxyl groups excluding tert-OH is 1. The number of amides is 1. The number of hydrogen-bond acceptors (Lipinski definition) is 8. The lowest BCUT2D eigenvalue weighted by Gasteiger charge is -2.23. The Morgan fingerprint density at radius 1 is 1.00 bits per heavy atom. The minimum absolute atomic E-state index is 0.0707. The van der Waals surface area contributed by atoms with Crippen LogP contribution in [0.1, 0.15) is 31.0 Å². The molecule has 0 aliphatic carbocycles. The number of aromatic nitrogens is 1. The molecule has 1 aliphatic rings. The summed E-state index contributed by atoms with van der Waals surface area (Å²) < 4.78 is 11.9. The number of phenolic OH excluding ortho intramolecular Hbond substituents is 1. The number of carbonyl (C=O) groups excluding carboxylic acids is 2. The van der Waals surface area contributed by atoms with Crippen LogP contribution in [0.4, 0.5) is 5.13 Å². The lowest BCUT2D eigenvalue weighted by Crippen LogP contribution is -2.29. The molecule has 1 aliphatic heterocycles. The van der Waals surface area contributed by atoms with Crippen molar-refractivity contribution in [2.75, 3.05) is 18.1 Å². The van der Waals surface area contributed by atoms with E-state index in [2.05, 4.69) is 4.98 Å². The average molecular weight is 517 g/mol. The first-order valence-corrected chi connectivity index (χ1v) is 12.6. The number of nitrogens with zero attached hydrogens (tertiary/aromatic N) is 2. The monoisotopic (exact) mass is 516 g/mol. The summed E-state index contributed by atoms with van der Waals surface area (Å²) in [6.45, 7) is 4.49. The van der Waals surface area contributed by atoms with Crippen LogP contribution < -0.4 is 14.4 Å². The van der Waals surface area contributed by atoms with Gasteiger partial charge in [0.1, 0.15) is 11.5 Å². The van der Waals surface area contributed by atoms with E-state index in [0.29, 0.717) is 40.7 Å². The van der Waals surface area contributed by atoms with Crippen LogP contribution in [0.15, 0.2) is 72.3 Å². The molecule has 2 N–H and O–H groups in total. The fourth-order valence-corrected chi connectivity index (χ4v) is 5.34. The predicted molar refractivity (Wildman–Crippen MR) is 141 cm³/mol. The van der Waals surface area contributed by atoms with E-state index >= 15 is 0 Å². The number of carbonyl (C=O) groups is 2. The second-order valence-corrected chi connectivity index (χ2v) is 9.26. The number of ketones is 1. The zero-order valence-corrected chi connectivity index (χ0v) is 21.0. The molecule has 9 heteroatoms. The van der Waals surface area contributed by atoms with Crippen LogP contribution in [0.3, 0.4) is 0 Å². The van der Waals surface area contributed by atoms with Gasteiger partial charge in [0.2, 0.25) is 0 Å². The van der Waals surface area contributed by atoms with E-state index in [1.165, 1.54) is 22.3 Å². The highest BCUT2D eigenvalue weighted by Gasteiger charge is 2.48. The topological polar surface area (TPSA) is 109 Å². The fourth-order valence-electron chi connectivity index (χ4n) is 4.32. The molecular weight excluding hydrogens is 492 g/mol. The first-order valence-electron chi connectivity index (χ1n) is 11.8. The summed E-state index contributed by atoms with van der Waals surface area (Å²) in [5.41, 5.74) is 1.46. The average Bonchev–Trinajstić information content (AvgIpc) is 3.43. The second kappa shape index (κ2) is 9.94. The molecule has 0 spiro atoms. The molecule has 1 atom stereocenters. The van der Waals surface area contributed by atoms with Gasteiger partial charge >= 0.3 is 5.91 Å². The van der Waals surface area contributed by atoms with Crippen molar-refractivity contribution in [1.29, 1.82) is 0 Å². The molecule has 0 bridgehead atoms. The van der Waals surface area contributed by atoms with Crippen LogP contribution in [0.5, 0.6) is 17.2 Å². The molecule has 1 amide bonds. The number of hydrogen-bond donors (Lipinski definition) is 2. The maximum atomic E-state index is 13.5. The van der Waals surface area contributed by atoms with E-state index < -0.39 is 17.7 Å². The van der Waals surface area contributed by atoms with Gasteiger partial charge in [-0.15, -0.1) is 0 Å². The fraction of sp³-hybridized carbons (Fsp3) is 0.179. The van der Waals surface area contributed by atoms with E-state index in [1.54, 1.807) is 61.5 Å². The zero-order chi connectivity index (χ0) is 26.1. The second-order valence-electron chi connectivity index (χ2n) is 8.25. The van der Waals surface area contributed by atoms with E-state index in [1.807, 2.05) is 13.0 Å². The Hall–Kier alpha value is -4.37. The molecule has 0 saturated carbocycles. The normalized spacial score (nSPS) is 16.9. The van der Waals surface area contributed by atoms with Crippen LogP contribution in [-0.4, -0.2) is 40.1 Å². The SMILES string of the molecule is CCOc1ccc2nc(N3C(=O)C(=O)/C(=C(/O)c4ccccc4)C3c3ccc(O)c(OCC)c3)sc2c1. The zero-order valence-electron chi connectivity index (χ0n) is 20.2. The van der Waals surface area contributed by atoms with E-state index in [-0.39, 0.29) is 22.8 Å². The predicted octanol–water partition coefficient (Wildman–Crippen LogP) is 5.43. The van der Waals surface area contributed by atoms with Gasteiger partial charge < -0.3 is 19.7 Å². The molecule has 37 heavy (non-hydrogen) atoms. The van der Waals surface area contributed by atoms with Crippen LogP contribution in [0, 0.1) is 0 Å². The molecular formula is C28H24N2O6S. The highest BCUT2D eigenvalue weighted by atomic mass is 32.1. The lowest BCUT2D eigenvalue weighted by atomic mass is 9.95. The van der Waals surface area contributed by atoms with E-state index in [4.69, 9.17) is 9.47 Å². The molecule has 3 aromatic carbocycles. The minimum atomic E-state index is -0.994. The van der Waals surface area contributed by atoms with Crippen molar-refractivity contribution in [1.82, 2.24) is 4.98 Å². The molecule has 2 heterocycles. The largest absolute Gasteiger partial charge is 0.507 e. The van der Waals surface area contributed by atoms with Crippen molar-refractivity contribution in [2.24, 2.45) is 0 Å². The van der Waals surface area contributed by atoms with E-state index in [9.17, 15) is 19.8 Å². The Labute approximate surface area is 217 Å². The number of aliphatic hydroxyl groups is 1. The summed E-state index contributed by atoms with van der Waals surface area (Å²) in [5.74, 6) is -1.13. The first kappa shape index (κ1) is 24.3. The summed E-state index contributed by atoms with van der Waals surface area (Å²) in [6, 6.07) is 17.6. The summed E-state index contributed by atoms with van der Waals surface area (Å²) >= 11 is 1.24. The summed E-state index contributed by atoms with van der Waals surface area (Å²) in [6.07, 6.45) is 0. The summed E-state index contributed by atoms with van der Waals surface area (Å²) in [5, 5.41) is 21.8. The number of phenols is 1. The Morgan fingerprint density at radius 2 is 1.76 bits per heavy atom. The molecule has 1 aromatic heterocycles. The van der Waals surface area contributed by atoms with Crippen molar-refractivity contribution < 1.29 is 29.3 Å². The number of benzene rings is 3. The Morgan fingerprint density at radius 3 is 2.49 bits per heavy atom. The van der Waals surface area contributed by atoms with Crippen molar-refractivity contribution >= 4 is 44.1 Å². The van der Waals surface area contributed by atoms with Gasteiger partial charge in [-0.25, -0.2) is 4.98 Å². The number of rotatable bonds is 7. The number of Topliss-reactive ketones (excluding diaryl/α,β-unsaturated/α-hetero) is 1. The first-order chi connectivity index (χ1) is 17.9. The van der Waals surface area contributed by atoms with Crippen LogP contribution >= 0.6 is 11.3 Å². The number of fused-ring (bicyclic) bond motifs is 1. The summed E-state index contributed by atoms with van der Waals surface area (Å²) in [7, 11) is 0. The molecule has 1 saturated heterocycles. The highest BCUT2D eigenvalue weighted by Crippen LogP contribution is 2.46. The van der Waals surface area contributed by atoms with Gasteiger partial charge in [-0.2, -0.15) is 0 Å². The van der Waals surface area contributed by atoms with Gasteiger partial charge in [0.25, 0.3) is 5.78 Å². The maximum Gasteiger partial charge on any atom is 0.301 e. The third kappa shape index (κ3) is 4.38. The molecule has 5 rings (SSSR count). The number of thiazole rings is 1. The van der Waals surface area contributed by atoms with Gasteiger partial charge in [-0.1, -0.05) is 47.7 Å². The van der Waals surface area contributed by atoms with Gasteiger partial charge in [-0.05, 0) is 49.7 Å². The number of anilines is 1. The Kier molecular flexibility index (Phi) is 6.54. The van der Waals surface area contributed by atoms with Crippen molar-refractivity contribution in [3.05, 3.63) is 83.4 Å². The van der Waals surface area contributed by atoms with Crippen LogP contribution in [-0.2, 0) is 9.59 Å². The minimum Gasteiger partial charge on any atom is -0.507 e. The molecule has 8 nitrogen and oxygen atoms in total. The molecule has 4 aromatic rings. The quantitative estimate of drug-likeness (QED) is 0.192. The smallest absolute Gasteiger partial charge is 0.301 e. The van der Waals surface area contributed by atoms with Gasteiger partial charge in [-0.3, -0.25) is 14.5 Å². The van der Waals surface area contributed by atoms with Gasteiger partial charge in [0.15, 0.2) is 16.6 Å². The maximum absolute atomic E-state index is 13.5. The Bertz CT molecular complexity index is 1530. The van der Waals surface area contributed by atoms with E-state index in [0.717, 1.165) is 4.70 Å². The molecule has 1 unspecified atom stereocenters. The van der Waals surface area contributed by atoms with Crippen LogP contribution in [0.25, 0.3) is 16.0 Å². The van der Waals surface area contributed by atoms with Crippen molar-refractivity contribution in [2.45, 2.75) is 19.9 Å². The van der Waals surface area contributed by atoms with Crippen molar-refractivity contribution in [3.8, 4) is 17.2 Å². The van der Waals surface area contributed by atoms with Gasteiger partial charge in [0.05, 0.1) is 35.0 Å². The number of ether oxygens (including phenoxy) is 2. The van der Waals surface area contributed by atoms with Crippen molar-refractivity contribution in [3.63, 3.8) is 0 Å². The van der Waals surface area contributed by atoms with Gasteiger partial charge in [0, 0.05) is 5.56 Å². The third-order valence-electron chi connectivity index (χ3n) is 5.96. The molecule has 0 radical (unpaired) electrons. The molecule has 188 valence electrons.